The molecule has 0 atom stereocenters. The predicted molar refractivity (Wildman–Crippen MR) is 71.1 cm³/mol. The van der Waals surface area contributed by atoms with Crippen molar-refractivity contribution >= 4 is 5.69 Å². The first kappa shape index (κ1) is 13.0. The zero-order valence-electron chi connectivity index (χ0n) is 10.8. The quantitative estimate of drug-likeness (QED) is 0.624. The van der Waals surface area contributed by atoms with Crippen molar-refractivity contribution in [2.75, 3.05) is 0 Å². The molecule has 0 N–H and O–H groups in total. The first-order valence-electron chi connectivity index (χ1n) is 5.86. The number of benzene rings is 1. The van der Waals surface area contributed by atoms with Crippen LogP contribution in [0.5, 0.6) is 5.75 Å². The molecule has 0 spiro atoms. The third-order valence-electron chi connectivity index (χ3n) is 2.76. The molecule has 2 aromatic rings. The molecule has 1 aromatic carbocycles. The summed E-state index contributed by atoms with van der Waals surface area (Å²) >= 11 is 0. The van der Waals surface area contributed by atoms with Gasteiger partial charge in [0.05, 0.1) is 4.92 Å². The minimum Gasteiger partial charge on any atom is -0.487 e. The van der Waals surface area contributed by atoms with Crippen molar-refractivity contribution in [3.8, 4) is 5.75 Å². The van der Waals surface area contributed by atoms with Gasteiger partial charge < -0.3 is 4.74 Å². The summed E-state index contributed by atoms with van der Waals surface area (Å²) in [5.74, 6) is 0.713. The second-order valence-corrected chi connectivity index (χ2v) is 4.28. The van der Waals surface area contributed by atoms with Crippen LogP contribution in [-0.4, -0.2) is 9.91 Å². The fraction of sp³-hybridized carbons (Fsp3) is 0.214. The summed E-state index contributed by atoms with van der Waals surface area (Å²) in [7, 11) is 0. The van der Waals surface area contributed by atoms with Crippen LogP contribution in [0.1, 0.15) is 16.8 Å². The third-order valence-corrected chi connectivity index (χ3v) is 2.76. The van der Waals surface area contributed by atoms with Gasteiger partial charge >= 0.3 is 0 Å². The number of hydrogen-bond acceptors (Lipinski definition) is 4. The van der Waals surface area contributed by atoms with Gasteiger partial charge in [-0.05, 0) is 31.5 Å². The molecule has 0 aliphatic carbocycles. The lowest BCUT2D eigenvalue weighted by Crippen LogP contribution is -2.03. The first-order chi connectivity index (χ1) is 9.08. The van der Waals surface area contributed by atoms with E-state index < -0.39 is 4.92 Å². The number of hydrogen-bond donors (Lipinski definition) is 0. The maximum atomic E-state index is 10.9. The van der Waals surface area contributed by atoms with E-state index >= 15 is 0 Å². The lowest BCUT2D eigenvalue weighted by molar-refractivity contribution is -0.386. The van der Waals surface area contributed by atoms with Crippen molar-refractivity contribution in [2.24, 2.45) is 0 Å². The van der Waals surface area contributed by atoms with E-state index in [9.17, 15) is 10.1 Å². The molecule has 0 saturated heterocycles. The molecule has 0 unspecified atom stereocenters. The third kappa shape index (κ3) is 3.07. The number of nitro groups is 1. The predicted octanol–water partition coefficient (Wildman–Crippen LogP) is 3.19. The van der Waals surface area contributed by atoms with E-state index in [-0.39, 0.29) is 12.3 Å². The van der Waals surface area contributed by atoms with Crippen LogP contribution in [0.2, 0.25) is 0 Å². The number of nitrogens with zero attached hydrogens (tertiary/aromatic N) is 2. The van der Waals surface area contributed by atoms with Gasteiger partial charge in [-0.3, -0.25) is 15.1 Å². The maximum Gasteiger partial charge on any atom is 0.294 e. The molecule has 1 aromatic heterocycles. The molecule has 2 rings (SSSR count). The molecule has 98 valence electrons. The van der Waals surface area contributed by atoms with Crippen LogP contribution in [-0.2, 0) is 6.61 Å². The summed E-state index contributed by atoms with van der Waals surface area (Å²) in [6, 6.07) is 8.77. The monoisotopic (exact) mass is 258 g/mol. The van der Waals surface area contributed by atoms with Gasteiger partial charge in [0, 0.05) is 12.3 Å². The minimum atomic E-state index is -0.451. The number of rotatable bonds is 4. The fourth-order valence-corrected chi connectivity index (χ4v) is 1.81. The molecule has 5 nitrogen and oxygen atoms in total. The molecule has 0 aliphatic heterocycles. The minimum absolute atomic E-state index is 0.0211. The molecule has 0 bridgehead atoms. The summed E-state index contributed by atoms with van der Waals surface area (Å²) in [5.41, 5.74) is 2.45. The van der Waals surface area contributed by atoms with E-state index in [1.54, 1.807) is 6.07 Å². The molecule has 0 amide bonds. The molecule has 5 heteroatoms. The van der Waals surface area contributed by atoms with Crippen molar-refractivity contribution in [1.82, 2.24) is 4.98 Å². The van der Waals surface area contributed by atoms with Crippen molar-refractivity contribution in [1.29, 1.82) is 0 Å². The summed E-state index contributed by atoms with van der Waals surface area (Å²) in [6.07, 6.45) is 1.52. The van der Waals surface area contributed by atoms with Crippen LogP contribution in [0.25, 0.3) is 0 Å². The molecule has 0 saturated carbocycles. The van der Waals surface area contributed by atoms with Gasteiger partial charge in [0.15, 0.2) is 5.69 Å². The number of pyridine rings is 1. The molecule has 0 fully saturated rings. The Hall–Kier alpha value is -2.43. The van der Waals surface area contributed by atoms with Crippen molar-refractivity contribution in [3.05, 3.63) is 63.5 Å². The fourth-order valence-electron chi connectivity index (χ4n) is 1.81. The Kier molecular flexibility index (Phi) is 3.75. The van der Waals surface area contributed by atoms with Crippen molar-refractivity contribution in [2.45, 2.75) is 20.5 Å². The Morgan fingerprint density at radius 2 is 2.11 bits per heavy atom. The SMILES string of the molecule is Cc1ccc(OCc2ncccc2[N+](=O)[O-])c(C)c1. The van der Waals surface area contributed by atoms with Crippen LogP contribution < -0.4 is 4.74 Å². The number of aromatic nitrogens is 1. The second kappa shape index (κ2) is 5.48. The molecular weight excluding hydrogens is 244 g/mol. The maximum absolute atomic E-state index is 10.9. The van der Waals surface area contributed by atoms with Crippen molar-refractivity contribution in [3.63, 3.8) is 0 Å². The highest BCUT2D eigenvalue weighted by atomic mass is 16.6. The van der Waals surface area contributed by atoms with Gasteiger partial charge in [0.2, 0.25) is 0 Å². The van der Waals surface area contributed by atoms with E-state index in [1.165, 1.54) is 12.3 Å². The molecule has 0 radical (unpaired) electrons. The van der Waals surface area contributed by atoms with Crippen LogP contribution in [0, 0.1) is 24.0 Å². The van der Waals surface area contributed by atoms with E-state index in [4.69, 9.17) is 4.74 Å². The van der Waals surface area contributed by atoms with E-state index in [0.29, 0.717) is 11.4 Å². The van der Waals surface area contributed by atoms with Gasteiger partial charge in [0.25, 0.3) is 5.69 Å². The van der Waals surface area contributed by atoms with Crippen LogP contribution in [0.3, 0.4) is 0 Å². The lowest BCUT2D eigenvalue weighted by Gasteiger charge is -2.09. The van der Waals surface area contributed by atoms with E-state index in [1.807, 2.05) is 32.0 Å². The highest BCUT2D eigenvalue weighted by Crippen LogP contribution is 2.22. The van der Waals surface area contributed by atoms with Gasteiger partial charge in [0.1, 0.15) is 12.4 Å². The number of ether oxygens (including phenoxy) is 1. The summed E-state index contributed by atoms with van der Waals surface area (Å²) in [5, 5.41) is 10.9. The standard InChI is InChI=1S/C14H14N2O3/c1-10-5-6-14(11(2)8-10)19-9-12-13(16(17)18)4-3-7-15-12/h3-8H,9H2,1-2H3. The van der Waals surface area contributed by atoms with E-state index in [0.717, 1.165) is 11.1 Å². The zero-order chi connectivity index (χ0) is 13.8. The second-order valence-electron chi connectivity index (χ2n) is 4.28. The Labute approximate surface area is 111 Å². The van der Waals surface area contributed by atoms with Gasteiger partial charge in [-0.2, -0.15) is 0 Å². The highest BCUT2D eigenvalue weighted by molar-refractivity contribution is 5.37. The Bertz CT molecular complexity index is 611. The van der Waals surface area contributed by atoms with E-state index in [2.05, 4.69) is 4.98 Å². The highest BCUT2D eigenvalue weighted by Gasteiger charge is 2.14. The Balaban J connectivity index is 2.17. The first-order valence-corrected chi connectivity index (χ1v) is 5.86. The lowest BCUT2D eigenvalue weighted by atomic mass is 10.1. The Morgan fingerprint density at radius 1 is 1.32 bits per heavy atom. The molecule has 19 heavy (non-hydrogen) atoms. The average Bonchev–Trinajstić information content (AvgIpc) is 2.38. The topological polar surface area (TPSA) is 65.3 Å². The molecule has 0 aliphatic rings. The van der Waals surface area contributed by atoms with Crippen LogP contribution in [0.15, 0.2) is 36.5 Å². The zero-order valence-corrected chi connectivity index (χ0v) is 10.8. The Morgan fingerprint density at radius 3 is 2.79 bits per heavy atom. The van der Waals surface area contributed by atoms with Gasteiger partial charge in [-0.1, -0.05) is 17.7 Å². The van der Waals surface area contributed by atoms with Gasteiger partial charge in [-0.15, -0.1) is 0 Å². The number of aryl methyl sites for hydroxylation is 2. The van der Waals surface area contributed by atoms with Crippen molar-refractivity contribution < 1.29 is 9.66 Å². The normalized spacial score (nSPS) is 10.2. The van der Waals surface area contributed by atoms with Crippen LogP contribution in [0.4, 0.5) is 5.69 Å². The summed E-state index contributed by atoms with van der Waals surface area (Å²) in [6.45, 7) is 4.02. The summed E-state index contributed by atoms with van der Waals surface area (Å²) < 4.78 is 5.60. The molecule has 1 heterocycles. The largest absolute Gasteiger partial charge is 0.487 e. The summed E-state index contributed by atoms with van der Waals surface area (Å²) in [4.78, 5) is 14.4. The average molecular weight is 258 g/mol. The van der Waals surface area contributed by atoms with Gasteiger partial charge in [-0.25, -0.2) is 0 Å². The molecular formula is C14H14N2O3. The van der Waals surface area contributed by atoms with Crippen LogP contribution >= 0.6 is 0 Å². The smallest absolute Gasteiger partial charge is 0.294 e.